The van der Waals surface area contributed by atoms with E-state index in [2.05, 4.69) is 4.98 Å². The summed E-state index contributed by atoms with van der Waals surface area (Å²) in [7, 11) is 0. The number of thiophene rings is 1. The van der Waals surface area contributed by atoms with Crippen LogP contribution in [-0.2, 0) is 6.42 Å². The average Bonchev–Trinajstić information content (AvgIpc) is 2.66. The maximum absolute atomic E-state index is 6.29. The van der Waals surface area contributed by atoms with Crippen LogP contribution in [0.25, 0.3) is 0 Å². The number of hydrogen-bond acceptors (Lipinski definition) is 2. The first-order valence-corrected chi connectivity index (χ1v) is 6.17. The molecule has 0 saturated heterocycles. The van der Waals surface area contributed by atoms with Crippen LogP contribution in [0.1, 0.15) is 15.8 Å². The molecule has 1 unspecified atom stereocenters. The number of rotatable bonds is 3. The predicted octanol–water partition coefficient (Wildman–Crippen LogP) is 4.32. The van der Waals surface area contributed by atoms with Crippen molar-refractivity contribution in [3.63, 3.8) is 0 Å². The quantitative estimate of drug-likeness (QED) is 0.747. The fraction of sp³-hybridized carbons (Fsp3) is 0.182. The molecule has 2 aromatic rings. The van der Waals surface area contributed by atoms with E-state index in [-0.39, 0.29) is 5.38 Å². The van der Waals surface area contributed by atoms with Crippen molar-refractivity contribution < 1.29 is 0 Å². The standard InChI is InChI=1S/C11H9Cl2NS/c12-9(10-1-2-11(13)15-10)7-8-3-5-14-6-4-8/h1-6,9H,7H2. The summed E-state index contributed by atoms with van der Waals surface area (Å²) in [5.41, 5.74) is 1.19. The van der Waals surface area contributed by atoms with Gasteiger partial charge in [-0.25, -0.2) is 0 Å². The molecule has 1 nitrogen and oxygen atoms in total. The van der Waals surface area contributed by atoms with Gasteiger partial charge in [-0.2, -0.15) is 0 Å². The third-order valence-electron chi connectivity index (χ3n) is 2.07. The molecular formula is C11H9Cl2NS. The van der Waals surface area contributed by atoms with Gasteiger partial charge in [0, 0.05) is 17.3 Å². The van der Waals surface area contributed by atoms with Crippen molar-refractivity contribution in [1.82, 2.24) is 4.98 Å². The van der Waals surface area contributed by atoms with Gasteiger partial charge in [-0.1, -0.05) is 11.6 Å². The van der Waals surface area contributed by atoms with Gasteiger partial charge in [0.15, 0.2) is 0 Å². The van der Waals surface area contributed by atoms with E-state index in [4.69, 9.17) is 23.2 Å². The van der Waals surface area contributed by atoms with Crippen LogP contribution in [0.5, 0.6) is 0 Å². The Morgan fingerprint density at radius 2 is 1.93 bits per heavy atom. The second kappa shape index (κ2) is 4.97. The summed E-state index contributed by atoms with van der Waals surface area (Å²) < 4.78 is 0.783. The van der Waals surface area contributed by atoms with E-state index in [0.29, 0.717) is 0 Å². The van der Waals surface area contributed by atoms with Crippen LogP contribution in [0, 0.1) is 0 Å². The Labute approximate surface area is 103 Å². The summed E-state index contributed by atoms with van der Waals surface area (Å²) >= 11 is 13.7. The van der Waals surface area contributed by atoms with Gasteiger partial charge < -0.3 is 0 Å². The smallest absolute Gasteiger partial charge is 0.0931 e. The van der Waals surface area contributed by atoms with Crippen molar-refractivity contribution in [3.05, 3.63) is 51.4 Å². The highest BCUT2D eigenvalue weighted by Gasteiger charge is 2.11. The largest absolute Gasteiger partial charge is 0.265 e. The van der Waals surface area contributed by atoms with Crippen molar-refractivity contribution in [1.29, 1.82) is 0 Å². The van der Waals surface area contributed by atoms with Gasteiger partial charge in [0.05, 0.1) is 9.71 Å². The Kier molecular flexibility index (Phi) is 3.62. The lowest BCUT2D eigenvalue weighted by Crippen LogP contribution is -1.93. The minimum Gasteiger partial charge on any atom is -0.265 e. The van der Waals surface area contributed by atoms with E-state index in [9.17, 15) is 0 Å². The Morgan fingerprint density at radius 1 is 1.20 bits per heavy atom. The monoisotopic (exact) mass is 257 g/mol. The summed E-state index contributed by atoms with van der Waals surface area (Å²) in [6.07, 6.45) is 4.36. The molecule has 2 aromatic heterocycles. The van der Waals surface area contributed by atoms with Gasteiger partial charge >= 0.3 is 0 Å². The highest BCUT2D eigenvalue weighted by molar-refractivity contribution is 7.16. The zero-order valence-electron chi connectivity index (χ0n) is 7.86. The molecule has 0 spiro atoms. The molecule has 0 aliphatic carbocycles. The predicted molar refractivity (Wildman–Crippen MR) is 65.9 cm³/mol. The molecule has 0 aromatic carbocycles. The minimum atomic E-state index is -0.00935. The Balaban J connectivity index is 2.07. The lowest BCUT2D eigenvalue weighted by molar-refractivity contribution is 0.936. The van der Waals surface area contributed by atoms with Gasteiger partial charge in [-0.15, -0.1) is 22.9 Å². The van der Waals surface area contributed by atoms with Crippen molar-refractivity contribution in [2.24, 2.45) is 0 Å². The van der Waals surface area contributed by atoms with Gasteiger partial charge in [-0.05, 0) is 36.2 Å². The Hall–Kier alpha value is -0.570. The maximum atomic E-state index is 6.29. The van der Waals surface area contributed by atoms with Crippen LogP contribution >= 0.6 is 34.5 Å². The lowest BCUT2D eigenvalue weighted by Gasteiger charge is -2.06. The molecule has 2 rings (SSSR count). The number of halogens is 2. The van der Waals surface area contributed by atoms with E-state index in [1.165, 1.54) is 16.9 Å². The van der Waals surface area contributed by atoms with E-state index >= 15 is 0 Å². The number of nitrogens with zero attached hydrogens (tertiary/aromatic N) is 1. The highest BCUT2D eigenvalue weighted by atomic mass is 35.5. The number of aromatic nitrogens is 1. The second-order valence-electron chi connectivity index (χ2n) is 3.17. The molecule has 0 N–H and O–H groups in total. The van der Waals surface area contributed by atoms with Crippen molar-refractivity contribution >= 4 is 34.5 Å². The summed E-state index contributed by atoms with van der Waals surface area (Å²) in [5, 5.41) is -0.00935. The number of pyridine rings is 1. The van der Waals surface area contributed by atoms with E-state index < -0.39 is 0 Å². The van der Waals surface area contributed by atoms with Crippen LogP contribution < -0.4 is 0 Å². The maximum Gasteiger partial charge on any atom is 0.0931 e. The topological polar surface area (TPSA) is 12.9 Å². The molecule has 0 bridgehead atoms. The van der Waals surface area contributed by atoms with Gasteiger partial charge in [0.2, 0.25) is 0 Å². The third-order valence-corrected chi connectivity index (χ3v) is 3.93. The first-order valence-electron chi connectivity index (χ1n) is 4.54. The molecule has 0 radical (unpaired) electrons. The SMILES string of the molecule is Clc1ccc(C(Cl)Cc2ccncc2)s1. The molecule has 15 heavy (non-hydrogen) atoms. The molecule has 0 saturated carbocycles. The summed E-state index contributed by atoms with van der Waals surface area (Å²) in [5.74, 6) is 0. The zero-order valence-corrected chi connectivity index (χ0v) is 10.2. The minimum absolute atomic E-state index is 0.00935. The normalized spacial score (nSPS) is 12.7. The molecule has 2 heterocycles. The van der Waals surface area contributed by atoms with Crippen LogP contribution in [0.3, 0.4) is 0 Å². The first kappa shape index (κ1) is 10.9. The zero-order chi connectivity index (χ0) is 10.7. The van der Waals surface area contributed by atoms with Crippen LogP contribution in [0.2, 0.25) is 4.34 Å². The third kappa shape index (κ3) is 2.94. The van der Waals surface area contributed by atoms with Gasteiger partial charge in [0.1, 0.15) is 0 Å². The second-order valence-corrected chi connectivity index (χ2v) is 5.44. The van der Waals surface area contributed by atoms with Crippen molar-refractivity contribution in [3.8, 4) is 0 Å². The van der Waals surface area contributed by atoms with Crippen molar-refractivity contribution in [2.75, 3.05) is 0 Å². The van der Waals surface area contributed by atoms with E-state index in [1.807, 2.05) is 24.3 Å². The molecule has 0 amide bonds. The van der Waals surface area contributed by atoms with E-state index in [1.54, 1.807) is 12.4 Å². The van der Waals surface area contributed by atoms with Gasteiger partial charge in [-0.3, -0.25) is 4.98 Å². The first-order chi connectivity index (χ1) is 7.25. The molecule has 0 aliphatic heterocycles. The molecule has 0 fully saturated rings. The Morgan fingerprint density at radius 3 is 2.53 bits per heavy atom. The number of alkyl halides is 1. The fourth-order valence-corrected chi connectivity index (χ4v) is 2.75. The van der Waals surface area contributed by atoms with E-state index in [0.717, 1.165) is 15.6 Å². The summed E-state index contributed by atoms with van der Waals surface area (Å²) in [4.78, 5) is 5.08. The number of hydrogen-bond donors (Lipinski definition) is 0. The summed E-state index contributed by atoms with van der Waals surface area (Å²) in [6, 6.07) is 7.81. The molecule has 0 aliphatic rings. The Bertz CT molecular complexity index is 427. The van der Waals surface area contributed by atoms with Crippen LogP contribution in [0.4, 0.5) is 0 Å². The molecular weight excluding hydrogens is 249 g/mol. The van der Waals surface area contributed by atoms with Crippen LogP contribution in [-0.4, -0.2) is 4.98 Å². The lowest BCUT2D eigenvalue weighted by atomic mass is 10.1. The average molecular weight is 258 g/mol. The summed E-state index contributed by atoms with van der Waals surface area (Å²) in [6.45, 7) is 0. The molecule has 1 atom stereocenters. The molecule has 4 heteroatoms. The fourth-order valence-electron chi connectivity index (χ4n) is 1.32. The van der Waals surface area contributed by atoms with Gasteiger partial charge in [0.25, 0.3) is 0 Å². The van der Waals surface area contributed by atoms with Crippen molar-refractivity contribution in [2.45, 2.75) is 11.8 Å². The highest BCUT2D eigenvalue weighted by Crippen LogP contribution is 2.32. The molecule has 78 valence electrons. The van der Waals surface area contributed by atoms with Crippen LogP contribution in [0.15, 0.2) is 36.7 Å².